The molecule has 1 aromatic carbocycles. The van der Waals surface area contributed by atoms with Crippen LogP contribution < -0.4 is 10.6 Å². The molecule has 126 valence electrons. The number of hydrogen-bond acceptors (Lipinski definition) is 4. The molecule has 1 heterocycles. The van der Waals surface area contributed by atoms with Crippen LogP contribution in [0, 0.1) is 0 Å². The molecule has 0 spiro atoms. The van der Waals surface area contributed by atoms with Gasteiger partial charge in [-0.1, -0.05) is 12.1 Å². The molecule has 1 aromatic heterocycles. The number of aromatic nitrogens is 1. The lowest BCUT2D eigenvalue weighted by Gasteiger charge is -2.08. The summed E-state index contributed by atoms with van der Waals surface area (Å²) in [6.07, 6.45) is 5.61. The van der Waals surface area contributed by atoms with Gasteiger partial charge in [-0.3, -0.25) is 9.78 Å². The van der Waals surface area contributed by atoms with Crippen LogP contribution in [0.3, 0.4) is 0 Å². The minimum absolute atomic E-state index is 0.151. The lowest BCUT2D eigenvalue weighted by molar-refractivity contribution is -0.140. The van der Waals surface area contributed by atoms with Gasteiger partial charge in [0.05, 0.1) is 13.5 Å². The lowest BCUT2D eigenvalue weighted by atomic mass is 10.1. The van der Waals surface area contributed by atoms with E-state index in [1.165, 1.54) is 18.2 Å². The van der Waals surface area contributed by atoms with Crippen LogP contribution >= 0.6 is 0 Å². The van der Waals surface area contributed by atoms with E-state index >= 15 is 0 Å². The van der Waals surface area contributed by atoms with Crippen molar-refractivity contribution in [2.75, 3.05) is 19.0 Å². The van der Waals surface area contributed by atoms with E-state index in [0.29, 0.717) is 5.69 Å². The molecule has 2 rings (SSSR count). The number of methoxy groups -OCH3 is 1. The number of nitrogens with one attached hydrogen (secondary N) is 2. The molecule has 0 saturated carbocycles. The van der Waals surface area contributed by atoms with Gasteiger partial charge in [-0.15, -0.1) is 0 Å². The Labute approximate surface area is 141 Å². The van der Waals surface area contributed by atoms with Crippen molar-refractivity contribution in [1.82, 2.24) is 10.3 Å². The topological polar surface area (TPSA) is 80.3 Å². The van der Waals surface area contributed by atoms with Gasteiger partial charge in [0, 0.05) is 24.6 Å². The van der Waals surface area contributed by atoms with E-state index in [-0.39, 0.29) is 25.0 Å². The number of nitrogens with zero attached hydrogens (tertiary/aromatic N) is 1. The van der Waals surface area contributed by atoms with E-state index in [9.17, 15) is 9.59 Å². The van der Waals surface area contributed by atoms with Gasteiger partial charge in [-0.25, -0.2) is 4.79 Å². The molecular formula is C18H21N3O3. The van der Waals surface area contributed by atoms with Crippen LogP contribution in [0.15, 0.2) is 48.8 Å². The Morgan fingerprint density at radius 3 is 2.25 bits per heavy atom. The fraction of sp³-hybridized carbons (Fsp3) is 0.278. The van der Waals surface area contributed by atoms with Gasteiger partial charge in [0.25, 0.3) is 0 Å². The van der Waals surface area contributed by atoms with Crippen molar-refractivity contribution < 1.29 is 14.3 Å². The third-order valence-electron chi connectivity index (χ3n) is 3.51. The van der Waals surface area contributed by atoms with Gasteiger partial charge in [0.15, 0.2) is 0 Å². The minimum atomic E-state index is -0.353. The highest BCUT2D eigenvalue weighted by Gasteiger charge is 2.04. The molecule has 2 amide bonds. The van der Waals surface area contributed by atoms with Crippen molar-refractivity contribution in [3.05, 3.63) is 59.9 Å². The van der Waals surface area contributed by atoms with Crippen molar-refractivity contribution >= 4 is 17.7 Å². The maximum Gasteiger partial charge on any atom is 0.319 e. The van der Waals surface area contributed by atoms with Crippen molar-refractivity contribution in [2.45, 2.75) is 19.3 Å². The summed E-state index contributed by atoms with van der Waals surface area (Å²) < 4.78 is 4.50. The first kappa shape index (κ1) is 17.5. The average Bonchev–Trinajstić information content (AvgIpc) is 2.62. The Hall–Kier alpha value is -2.89. The quantitative estimate of drug-likeness (QED) is 0.766. The predicted molar refractivity (Wildman–Crippen MR) is 91.7 cm³/mol. The van der Waals surface area contributed by atoms with Crippen LogP contribution in [0.2, 0.25) is 0 Å². The van der Waals surface area contributed by atoms with Crippen molar-refractivity contribution in [2.24, 2.45) is 0 Å². The van der Waals surface area contributed by atoms with Crippen LogP contribution in [0.25, 0.3) is 0 Å². The molecule has 2 aromatic rings. The first-order chi connectivity index (χ1) is 11.7. The number of esters is 1. The molecule has 0 aliphatic carbocycles. The molecule has 0 aliphatic heterocycles. The highest BCUT2D eigenvalue weighted by Crippen LogP contribution is 2.12. The Kier molecular flexibility index (Phi) is 6.76. The minimum Gasteiger partial charge on any atom is -0.469 e. The maximum absolute atomic E-state index is 11.7. The number of anilines is 1. The standard InChI is InChI=1S/C18H21N3O3/c1-24-17(22)10-13-20-18(23)21-16-6-4-14(5-7-16)2-3-15-8-11-19-12-9-15/h4-9,11-12H,2-3,10,13H2,1H3,(H2,20,21,23). The molecule has 6 nitrogen and oxygen atoms in total. The van der Waals surface area contributed by atoms with E-state index in [0.717, 1.165) is 12.8 Å². The Morgan fingerprint density at radius 2 is 1.62 bits per heavy atom. The molecule has 0 saturated heterocycles. The smallest absolute Gasteiger partial charge is 0.319 e. The number of amides is 2. The Morgan fingerprint density at radius 1 is 1.00 bits per heavy atom. The van der Waals surface area contributed by atoms with Crippen molar-refractivity contribution in [3.63, 3.8) is 0 Å². The highest BCUT2D eigenvalue weighted by molar-refractivity contribution is 5.89. The molecule has 0 radical (unpaired) electrons. The van der Waals surface area contributed by atoms with Gasteiger partial charge < -0.3 is 15.4 Å². The van der Waals surface area contributed by atoms with Gasteiger partial charge in [0.2, 0.25) is 0 Å². The van der Waals surface area contributed by atoms with Crippen molar-refractivity contribution in [1.29, 1.82) is 0 Å². The van der Waals surface area contributed by atoms with E-state index in [4.69, 9.17) is 0 Å². The number of benzene rings is 1. The number of carbonyl (C=O) groups excluding carboxylic acids is 2. The molecule has 0 fully saturated rings. The second kappa shape index (κ2) is 9.29. The number of pyridine rings is 1. The van der Waals surface area contributed by atoms with E-state index in [1.54, 1.807) is 12.4 Å². The largest absolute Gasteiger partial charge is 0.469 e. The normalized spacial score (nSPS) is 10.0. The Balaban J connectivity index is 1.75. The van der Waals surface area contributed by atoms with Crippen LogP contribution in [0.1, 0.15) is 17.5 Å². The van der Waals surface area contributed by atoms with Gasteiger partial charge in [-0.05, 0) is 48.2 Å². The van der Waals surface area contributed by atoms with Gasteiger partial charge >= 0.3 is 12.0 Å². The summed E-state index contributed by atoms with van der Waals surface area (Å²) in [5.74, 6) is -0.353. The van der Waals surface area contributed by atoms with Crippen LogP contribution in [-0.2, 0) is 22.4 Å². The fourth-order valence-electron chi connectivity index (χ4n) is 2.15. The Bertz CT molecular complexity index is 657. The molecule has 24 heavy (non-hydrogen) atoms. The third-order valence-corrected chi connectivity index (χ3v) is 3.51. The summed E-state index contributed by atoms with van der Waals surface area (Å²) in [5, 5.41) is 5.33. The summed E-state index contributed by atoms with van der Waals surface area (Å²) in [4.78, 5) is 26.7. The third kappa shape index (κ3) is 6.08. The summed E-state index contributed by atoms with van der Waals surface area (Å²) in [6.45, 7) is 0.239. The number of carbonyl (C=O) groups is 2. The zero-order chi connectivity index (χ0) is 17.2. The maximum atomic E-state index is 11.7. The number of hydrogen-bond donors (Lipinski definition) is 2. The van der Waals surface area contributed by atoms with E-state index < -0.39 is 0 Å². The molecule has 2 N–H and O–H groups in total. The average molecular weight is 327 g/mol. The monoisotopic (exact) mass is 327 g/mol. The second-order valence-electron chi connectivity index (χ2n) is 5.26. The zero-order valence-electron chi connectivity index (χ0n) is 13.6. The summed E-state index contributed by atoms with van der Waals surface area (Å²) in [6, 6.07) is 11.4. The van der Waals surface area contributed by atoms with Gasteiger partial charge in [0.1, 0.15) is 0 Å². The lowest BCUT2D eigenvalue weighted by Crippen LogP contribution is -2.30. The molecule has 0 atom stereocenters. The zero-order valence-corrected chi connectivity index (χ0v) is 13.6. The molecule has 0 bridgehead atoms. The summed E-state index contributed by atoms with van der Waals surface area (Å²) >= 11 is 0. The molecule has 6 heteroatoms. The summed E-state index contributed by atoms with van der Waals surface area (Å²) in [5.41, 5.74) is 3.15. The van der Waals surface area contributed by atoms with Crippen LogP contribution in [-0.4, -0.2) is 30.6 Å². The second-order valence-corrected chi connectivity index (χ2v) is 5.26. The van der Waals surface area contributed by atoms with Crippen LogP contribution in [0.5, 0.6) is 0 Å². The first-order valence-corrected chi connectivity index (χ1v) is 7.77. The first-order valence-electron chi connectivity index (χ1n) is 7.77. The van der Waals surface area contributed by atoms with Crippen LogP contribution in [0.4, 0.5) is 10.5 Å². The SMILES string of the molecule is COC(=O)CCNC(=O)Nc1ccc(CCc2ccncc2)cc1. The molecule has 0 aliphatic rings. The number of ether oxygens (including phenoxy) is 1. The van der Waals surface area contributed by atoms with E-state index in [1.807, 2.05) is 36.4 Å². The number of urea groups is 1. The molecule has 0 unspecified atom stereocenters. The van der Waals surface area contributed by atoms with E-state index in [2.05, 4.69) is 20.4 Å². The fourth-order valence-corrected chi connectivity index (χ4v) is 2.15. The number of rotatable bonds is 7. The summed E-state index contributed by atoms with van der Waals surface area (Å²) in [7, 11) is 1.32. The number of aryl methyl sites for hydroxylation is 2. The predicted octanol–water partition coefficient (Wildman–Crippen LogP) is 2.55. The molecular weight excluding hydrogens is 306 g/mol. The highest BCUT2D eigenvalue weighted by atomic mass is 16.5. The van der Waals surface area contributed by atoms with Crippen molar-refractivity contribution in [3.8, 4) is 0 Å². The van der Waals surface area contributed by atoms with Gasteiger partial charge in [-0.2, -0.15) is 0 Å².